The predicted molar refractivity (Wildman–Crippen MR) is 82.0 cm³/mol. The summed E-state index contributed by atoms with van der Waals surface area (Å²) < 4.78 is 0. The molecular weight excluding hydrogens is 282 g/mol. The number of carbonyl (C=O) groups excluding carboxylic acids is 2. The van der Waals surface area contributed by atoms with Crippen molar-refractivity contribution < 1.29 is 14.4 Å². The molecule has 0 aliphatic heterocycles. The van der Waals surface area contributed by atoms with Crippen molar-refractivity contribution in [3.05, 3.63) is 71.8 Å². The summed E-state index contributed by atoms with van der Waals surface area (Å²) in [6.07, 6.45) is 1.50. The number of oxime groups is 1. The molecule has 0 aliphatic carbocycles. The van der Waals surface area contributed by atoms with Crippen molar-refractivity contribution in [1.29, 1.82) is 0 Å². The van der Waals surface area contributed by atoms with Crippen molar-refractivity contribution in [3.8, 4) is 0 Å². The second-order valence-electron chi connectivity index (χ2n) is 4.29. The van der Waals surface area contributed by atoms with Gasteiger partial charge in [0.1, 0.15) is 0 Å². The number of nitrogens with one attached hydrogen (secondary N) is 2. The predicted octanol–water partition coefficient (Wildman–Crippen LogP) is 1.50. The van der Waals surface area contributed by atoms with Gasteiger partial charge in [0.2, 0.25) is 0 Å². The summed E-state index contributed by atoms with van der Waals surface area (Å²) in [5.41, 5.74) is 5.84. The number of rotatable bonds is 5. The lowest BCUT2D eigenvalue weighted by atomic mass is 10.2. The van der Waals surface area contributed by atoms with E-state index in [1.807, 2.05) is 30.3 Å². The first-order chi connectivity index (χ1) is 10.8. The fourth-order valence-electron chi connectivity index (χ4n) is 1.56. The minimum Gasteiger partial charge on any atom is -0.386 e. The number of hydrazine groups is 1. The summed E-state index contributed by atoms with van der Waals surface area (Å²) >= 11 is 0. The second kappa shape index (κ2) is 8.21. The third kappa shape index (κ3) is 5.09. The van der Waals surface area contributed by atoms with Crippen LogP contribution in [0.1, 0.15) is 15.9 Å². The van der Waals surface area contributed by atoms with Crippen LogP contribution in [-0.2, 0) is 9.63 Å². The molecule has 0 aliphatic rings. The maximum atomic E-state index is 11.7. The molecule has 6 nitrogen and oxygen atoms in total. The monoisotopic (exact) mass is 297 g/mol. The van der Waals surface area contributed by atoms with Gasteiger partial charge in [0.25, 0.3) is 11.8 Å². The Balaban J connectivity index is 1.68. The van der Waals surface area contributed by atoms with Gasteiger partial charge in [-0.05, 0) is 17.7 Å². The molecule has 2 rings (SSSR count). The number of benzene rings is 2. The largest absolute Gasteiger partial charge is 0.386 e. The fourth-order valence-corrected chi connectivity index (χ4v) is 1.56. The van der Waals surface area contributed by atoms with Gasteiger partial charge in [-0.1, -0.05) is 53.7 Å². The van der Waals surface area contributed by atoms with Crippen molar-refractivity contribution in [1.82, 2.24) is 10.9 Å². The van der Waals surface area contributed by atoms with Crippen molar-refractivity contribution >= 4 is 18.0 Å². The van der Waals surface area contributed by atoms with Gasteiger partial charge in [-0.25, -0.2) is 0 Å². The van der Waals surface area contributed by atoms with Crippen molar-refractivity contribution in [2.75, 3.05) is 6.61 Å². The Kier molecular flexibility index (Phi) is 5.69. The molecule has 2 aromatic carbocycles. The first-order valence-corrected chi connectivity index (χ1v) is 6.60. The quantitative estimate of drug-likeness (QED) is 0.648. The van der Waals surface area contributed by atoms with Gasteiger partial charge in [-0.2, -0.15) is 0 Å². The molecule has 0 aromatic heterocycles. The first kappa shape index (κ1) is 15.2. The maximum Gasteiger partial charge on any atom is 0.279 e. The van der Waals surface area contributed by atoms with Gasteiger partial charge in [-0.15, -0.1) is 0 Å². The topological polar surface area (TPSA) is 79.8 Å². The molecule has 6 heteroatoms. The number of hydrogen-bond acceptors (Lipinski definition) is 4. The molecule has 0 atom stereocenters. The molecule has 0 saturated heterocycles. The maximum absolute atomic E-state index is 11.7. The van der Waals surface area contributed by atoms with Crippen molar-refractivity contribution in [2.45, 2.75) is 0 Å². The molecule has 0 spiro atoms. The molecule has 2 aromatic rings. The summed E-state index contributed by atoms with van der Waals surface area (Å²) in [6.45, 7) is -0.293. The SMILES string of the molecule is O=C(CO/N=C\c1ccccc1)NNC(=O)c1ccccc1. The van der Waals surface area contributed by atoms with E-state index in [1.54, 1.807) is 30.3 Å². The third-order valence-electron chi connectivity index (χ3n) is 2.62. The van der Waals surface area contributed by atoms with E-state index in [0.29, 0.717) is 5.56 Å². The normalized spacial score (nSPS) is 10.2. The van der Waals surface area contributed by atoms with E-state index in [9.17, 15) is 9.59 Å². The second-order valence-corrected chi connectivity index (χ2v) is 4.29. The molecule has 0 bridgehead atoms. The molecule has 0 unspecified atom stereocenters. The van der Waals surface area contributed by atoms with Crippen molar-refractivity contribution in [3.63, 3.8) is 0 Å². The fraction of sp³-hybridized carbons (Fsp3) is 0.0625. The van der Waals surface area contributed by atoms with Crippen LogP contribution in [0.2, 0.25) is 0 Å². The molecule has 0 fully saturated rings. The first-order valence-electron chi connectivity index (χ1n) is 6.60. The highest BCUT2D eigenvalue weighted by Gasteiger charge is 2.06. The van der Waals surface area contributed by atoms with Crippen LogP contribution in [-0.4, -0.2) is 24.6 Å². The van der Waals surface area contributed by atoms with E-state index in [-0.39, 0.29) is 6.61 Å². The van der Waals surface area contributed by atoms with Gasteiger partial charge in [0.15, 0.2) is 6.61 Å². The number of carbonyl (C=O) groups is 2. The lowest BCUT2D eigenvalue weighted by molar-refractivity contribution is -0.126. The highest BCUT2D eigenvalue weighted by atomic mass is 16.6. The smallest absolute Gasteiger partial charge is 0.279 e. The molecular formula is C16H15N3O3. The minimum absolute atomic E-state index is 0.293. The minimum atomic E-state index is -0.505. The van der Waals surface area contributed by atoms with Crippen LogP contribution < -0.4 is 10.9 Å². The van der Waals surface area contributed by atoms with E-state index >= 15 is 0 Å². The number of amides is 2. The highest BCUT2D eigenvalue weighted by Crippen LogP contribution is 1.97. The van der Waals surface area contributed by atoms with Crippen LogP contribution in [0.4, 0.5) is 0 Å². The van der Waals surface area contributed by atoms with E-state index in [1.165, 1.54) is 6.21 Å². The summed E-state index contributed by atoms with van der Waals surface area (Å²) in [7, 11) is 0. The third-order valence-corrected chi connectivity index (χ3v) is 2.62. The van der Waals surface area contributed by atoms with Crippen LogP contribution in [0.15, 0.2) is 65.8 Å². The summed E-state index contributed by atoms with van der Waals surface area (Å²) in [4.78, 5) is 28.0. The van der Waals surface area contributed by atoms with Gasteiger partial charge in [-0.3, -0.25) is 20.4 Å². The van der Waals surface area contributed by atoms with Crippen LogP contribution >= 0.6 is 0 Å². The Bertz CT molecular complexity index is 642. The van der Waals surface area contributed by atoms with E-state index < -0.39 is 11.8 Å². The van der Waals surface area contributed by atoms with Gasteiger partial charge in [0, 0.05) is 5.56 Å². The zero-order valence-corrected chi connectivity index (χ0v) is 11.7. The Hall–Kier alpha value is -3.15. The summed E-state index contributed by atoms with van der Waals surface area (Å²) in [6, 6.07) is 17.9. The Morgan fingerprint density at radius 1 is 0.955 bits per heavy atom. The average Bonchev–Trinajstić information content (AvgIpc) is 2.58. The average molecular weight is 297 g/mol. The number of hydrogen-bond donors (Lipinski definition) is 2. The standard InChI is InChI=1S/C16H15N3O3/c20-15(12-22-17-11-13-7-3-1-4-8-13)18-19-16(21)14-9-5-2-6-10-14/h1-11H,12H2,(H,18,20)(H,19,21)/b17-11-. The molecule has 2 N–H and O–H groups in total. The van der Waals surface area contributed by atoms with Gasteiger partial charge < -0.3 is 4.84 Å². The van der Waals surface area contributed by atoms with Crippen molar-refractivity contribution in [2.24, 2.45) is 5.16 Å². The molecule has 112 valence electrons. The number of nitrogens with zero attached hydrogens (tertiary/aromatic N) is 1. The summed E-state index contributed by atoms with van der Waals surface area (Å²) in [5, 5.41) is 3.67. The van der Waals surface area contributed by atoms with Crippen LogP contribution in [0.3, 0.4) is 0 Å². The van der Waals surface area contributed by atoms with Crippen LogP contribution in [0, 0.1) is 0 Å². The van der Waals surface area contributed by atoms with E-state index in [2.05, 4.69) is 16.0 Å². The molecule has 0 heterocycles. The zero-order valence-electron chi connectivity index (χ0n) is 11.7. The summed E-state index contributed by atoms with van der Waals surface area (Å²) in [5.74, 6) is -0.906. The highest BCUT2D eigenvalue weighted by molar-refractivity contribution is 5.95. The van der Waals surface area contributed by atoms with Crippen LogP contribution in [0.5, 0.6) is 0 Å². The zero-order chi connectivity index (χ0) is 15.6. The Labute approximate surface area is 127 Å². The molecule has 2 amide bonds. The van der Waals surface area contributed by atoms with Gasteiger partial charge >= 0.3 is 0 Å². The molecule has 22 heavy (non-hydrogen) atoms. The van der Waals surface area contributed by atoms with Gasteiger partial charge in [0.05, 0.1) is 6.21 Å². The lowest BCUT2D eigenvalue weighted by Gasteiger charge is -2.06. The lowest BCUT2D eigenvalue weighted by Crippen LogP contribution is -2.43. The van der Waals surface area contributed by atoms with Crippen LogP contribution in [0.25, 0.3) is 0 Å². The van der Waals surface area contributed by atoms with E-state index in [0.717, 1.165) is 5.56 Å². The Morgan fingerprint density at radius 2 is 1.59 bits per heavy atom. The molecule has 0 saturated carbocycles. The van der Waals surface area contributed by atoms with E-state index in [4.69, 9.17) is 4.84 Å². The Morgan fingerprint density at radius 3 is 2.27 bits per heavy atom. The molecule has 0 radical (unpaired) electrons.